The third-order valence-corrected chi connectivity index (χ3v) is 2.27. The van der Waals surface area contributed by atoms with Gasteiger partial charge in [-0.15, -0.1) is 6.58 Å². The van der Waals surface area contributed by atoms with Gasteiger partial charge in [0.25, 0.3) is 0 Å². The molecule has 1 saturated heterocycles. The highest BCUT2D eigenvalue weighted by molar-refractivity contribution is 5.75. The van der Waals surface area contributed by atoms with Gasteiger partial charge in [-0.05, 0) is 27.2 Å². The van der Waals surface area contributed by atoms with E-state index < -0.39 is 11.7 Å². The fourth-order valence-electron chi connectivity index (χ4n) is 1.53. The van der Waals surface area contributed by atoms with E-state index in [2.05, 4.69) is 6.58 Å². The van der Waals surface area contributed by atoms with E-state index in [9.17, 15) is 9.59 Å². The Morgan fingerprint density at radius 1 is 1.65 bits per heavy atom. The monoisotopic (exact) mass is 241 g/mol. The SMILES string of the molecule is C=CCC1CC(=O)OCN1C(=O)OC(C)(C)C. The summed E-state index contributed by atoms with van der Waals surface area (Å²) in [5.41, 5.74) is -0.558. The van der Waals surface area contributed by atoms with E-state index >= 15 is 0 Å². The molecule has 1 aliphatic heterocycles. The number of carbonyl (C=O) groups excluding carboxylic acids is 2. The minimum Gasteiger partial charge on any atom is -0.444 e. The molecule has 0 radical (unpaired) electrons. The molecule has 0 saturated carbocycles. The highest BCUT2D eigenvalue weighted by atomic mass is 16.6. The molecular weight excluding hydrogens is 222 g/mol. The first kappa shape index (κ1) is 13.5. The highest BCUT2D eigenvalue weighted by Crippen LogP contribution is 2.19. The van der Waals surface area contributed by atoms with Crippen LogP contribution in [0.3, 0.4) is 0 Å². The maximum absolute atomic E-state index is 11.9. The normalized spacial score (nSPS) is 20.8. The summed E-state index contributed by atoms with van der Waals surface area (Å²) in [5, 5.41) is 0. The molecular formula is C12H19NO4. The molecule has 0 aromatic rings. The van der Waals surface area contributed by atoms with Crippen LogP contribution in [0.1, 0.15) is 33.6 Å². The summed E-state index contributed by atoms with van der Waals surface area (Å²) in [6, 6.07) is -0.219. The molecule has 1 rings (SSSR count). The molecule has 1 unspecified atom stereocenters. The van der Waals surface area contributed by atoms with E-state index in [0.717, 1.165) is 0 Å². The van der Waals surface area contributed by atoms with Crippen molar-refractivity contribution < 1.29 is 19.1 Å². The number of carbonyl (C=O) groups is 2. The van der Waals surface area contributed by atoms with Crippen LogP contribution in [0, 0.1) is 0 Å². The van der Waals surface area contributed by atoms with Crippen LogP contribution >= 0.6 is 0 Å². The lowest BCUT2D eigenvalue weighted by atomic mass is 10.1. The molecule has 1 heterocycles. The Bertz CT molecular complexity index is 319. The first-order valence-corrected chi connectivity index (χ1v) is 5.59. The highest BCUT2D eigenvalue weighted by Gasteiger charge is 2.33. The third kappa shape index (κ3) is 4.09. The van der Waals surface area contributed by atoms with Gasteiger partial charge in [-0.2, -0.15) is 0 Å². The number of nitrogens with zero attached hydrogens (tertiary/aromatic N) is 1. The Hall–Kier alpha value is -1.52. The average Bonchev–Trinajstić information content (AvgIpc) is 2.15. The van der Waals surface area contributed by atoms with Gasteiger partial charge >= 0.3 is 12.1 Å². The Morgan fingerprint density at radius 2 is 2.29 bits per heavy atom. The summed E-state index contributed by atoms with van der Waals surface area (Å²) in [5.74, 6) is -0.295. The average molecular weight is 241 g/mol. The summed E-state index contributed by atoms with van der Waals surface area (Å²) in [7, 11) is 0. The van der Waals surface area contributed by atoms with Crippen LogP contribution < -0.4 is 0 Å². The van der Waals surface area contributed by atoms with E-state index in [1.54, 1.807) is 26.8 Å². The second kappa shape index (κ2) is 5.21. The first-order valence-electron chi connectivity index (χ1n) is 5.59. The Kier molecular flexibility index (Phi) is 4.15. The van der Waals surface area contributed by atoms with Crippen molar-refractivity contribution in [3.05, 3.63) is 12.7 Å². The van der Waals surface area contributed by atoms with E-state index in [1.165, 1.54) is 4.90 Å². The molecule has 0 bridgehead atoms. The molecule has 96 valence electrons. The summed E-state index contributed by atoms with van der Waals surface area (Å²) in [4.78, 5) is 24.5. The molecule has 1 fully saturated rings. The number of hydrogen-bond donors (Lipinski definition) is 0. The third-order valence-electron chi connectivity index (χ3n) is 2.27. The van der Waals surface area contributed by atoms with Crippen molar-refractivity contribution >= 4 is 12.1 Å². The van der Waals surface area contributed by atoms with Crippen molar-refractivity contribution in [3.63, 3.8) is 0 Å². The van der Waals surface area contributed by atoms with Crippen LogP contribution in [0.2, 0.25) is 0 Å². The number of ether oxygens (including phenoxy) is 2. The zero-order valence-corrected chi connectivity index (χ0v) is 10.6. The maximum atomic E-state index is 11.9. The van der Waals surface area contributed by atoms with Crippen molar-refractivity contribution in [2.75, 3.05) is 6.73 Å². The van der Waals surface area contributed by atoms with E-state index in [0.29, 0.717) is 6.42 Å². The van der Waals surface area contributed by atoms with Gasteiger partial charge in [-0.1, -0.05) is 6.08 Å². The Labute approximate surface area is 101 Å². The maximum Gasteiger partial charge on any atom is 0.413 e. The van der Waals surface area contributed by atoms with Crippen LogP contribution in [0.4, 0.5) is 4.79 Å². The molecule has 5 nitrogen and oxygen atoms in total. The molecule has 1 aliphatic rings. The summed E-state index contributed by atoms with van der Waals surface area (Å²) < 4.78 is 10.1. The molecule has 0 aromatic heterocycles. The van der Waals surface area contributed by atoms with Crippen molar-refractivity contribution in [1.29, 1.82) is 0 Å². The fraction of sp³-hybridized carbons (Fsp3) is 0.667. The molecule has 0 N–H and O–H groups in total. The van der Waals surface area contributed by atoms with Gasteiger partial charge in [0.05, 0.1) is 12.5 Å². The van der Waals surface area contributed by atoms with Gasteiger partial charge in [-0.3, -0.25) is 9.69 Å². The first-order chi connectivity index (χ1) is 7.83. The topological polar surface area (TPSA) is 55.8 Å². The van der Waals surface area contributed by atoms with Crippen molar-refractivity contribution in [3.8, 4) is 0 Å². The molecule has 0 spiro atoms. The van der Waals surface area contributed by atoms with Gasteiger partial charge in [0, 0.05) is 0 Å². The fourth-order valence-corrected chi connectivity index (χ4v) is 1.53. The number of rotatable bonds is 2. The predicted molar refractivity (Wildman–Crippen MR) is 62.3 cm³/mol. The second-order valence-electron chi connectivity index (χ2n) is 4.98. The van der Waals surface area contributed by atoms with Crippen LogP contribution in [0.5, 0.6) is 0 Å². The largest absolute Gasteiger partial charge is 0.444 e. The number of hydrogen-bond acceptors (Lipinski definition) is 4. The van der Waals surface area contributed by atoms with E-state index in [4.69, 9.17) is 9.47 Å². The summed E-state index contributed by atoms with van der Waals surface area (Å²) in [6.07, 6.45) is 1.96. The lowest BCUT2D eigenvalue weighted by Crippen LogP contribution is -2.49. The quantitative estimate of drug-likeness (QED) is 0.548. The van der Waals surface area contributed by atoms with Crippen molar-refractivity contribution in [2.24, 2.45) is 0 Å². The van der Waals surface area contributed by atoms with Gasteiger partial charge in [0.2, 0.25) is 0 Å². The van der Waals surface area contributed by atoms with Crippen LogP contribution in [0.25, 0.3) is 0 Å². The van der Waals surface area contributed by atoms with Crippen LogP contribution in [-0.4, -0.2) is 35.3 Å². The second-order valence-corrected chi connectivity index (χ2v) is 4.98. The molecule has 5 heteroatoms. The van der Waals surface area contributed by atoms with Crippen LogP contribution in [0.15, 0.2) is 12.7 Å². The number of amides is 1. The number of cyclic esters (lactones) is 1. The zero-order valence-electron chi connectivity index (χ0n) is 10.6. The van der Waals surface area contributed by atoms with Gasteiger partial charge < -0.3 is 9.47 Å². The number of esters is 1. The van der Waals surface area contributed by atoms with Crippen molar-refractivity contribution in [1.82, 2.24) is 4.90 Å². The molecule has 0 aliphatic carbocycles. The summed E-state index contributed by atoms with van der Waals surface area (Å²) in [6.45, 7) is 8.95. The molecule has 17 heavy (non-hydrogen) atoms. The Balaban J connectivity index is 2.69. The van der Waals surface area contributed by atoms with Gasteiger partial charge in [0.15, 0.2) is 6.73 Å². The van der Waals surface area contributed by atoms with Gasteiger partial charge in [0.1, 0.15) is 5.60 Å². The molecule has 1 amide bonds. The molecule has 0 aromatic carbocycles. The minimum atomic E-state index is -0.558. The lowest BCUT2D eigenvalue weighted by molar-refractivity contribution is -0.158. The van der Waals surface area contributed by atoms with E-state index in [1.807, 2.05) is 0 Å². The lowest BCUT2D eigenvalue weighted by Gasteiger charge is -2.35. The molecule has 1 atom stereocenters. The summed E-state index contributed by atoms with van der Waals surface area (Å²) >= 11 is 0. The smallest absolute Gasteiger partial charge is 0.413 e. The Morgan fingerprint density at radius 3 is 2.82 bits per heavy atom. The predicted octanol–water partition coefficient (Wildman–Crippen LogP) is 2.07. The van der Waals surface area contributed by atoms with Gasteiger partial charge in [-0.25, -0.2) is 4.79 Å². The zero-order chi connectivity index (χ0) is 13.1. The van der Waals surface area contributed by atoms with Crippen molar-refractivity contribution in [2.45, 2.75) is 45.3 Å². The van der Waals surface area contributed by atoms with E-state index in [-0.39, 0.29) is 25.2 Å². The van der Waals surface area contributed by atoms with Crippen LogP contribution in [-0.2, 0) is 14.3 Å². The standard InChI is InChI=1S/C12H19NO4/c1-5-6-9-7-10(14)16-8-13(9)11(15)17-12(2,3)4/h5,9H,1,6-8H2,2-4H3. The minimum absolute atomic E-state index is 0.0494.